The van der Waals surface area contributed by atoms with Crippen molar-refractivity contribution in [2.75, 3.05) is 6.61 Å². The lowest BCUT2D eigenvalue weighted by atomic mass is 10.1. The third-order valence-corrected chi connectivity index (χ3v) is 5.53. The van der Waals surface area contributed by atoms with Crippen molar-refractivity contribution in [2.24, 2.45) is 0 Å². The number of hydrogen-bond acceptors (Lipinski definition) is 6. The Hall–Kier alpha value is -4.26. The van der Waals surface area contributed by atoms with Crippen LogP contribution in [0.3, 0.4) is 0 Å². The maximum atomic E-state index is 11.0. The van der Waals surface area contributed by atoms with Gasteiger partial charge in [0, 0.05) is 12.0 Å². The van der Waals surface area contributed by atoms with Crippen LogP contribution in [0, 0.1) is 6.92 Å². The van der Waals surface area contributed by atoms with Crippen LogP contribution in [0.5, 0.6) is 17.2 Å². The van der Waals surface area contributed by atoms with Crippen LogP contribution in [0.4, 0.5) is 0 Å². The zero-order valence-corrected chi connectivity index (χ0v) is 20.4. The van der Waals surface area contributed by atoms with Crippen molar-refractivity contribution in [1.82, 2.24) is 4.98 Å². The molecule has 0 fully saturated rings. The van der Waals surface area contributed by atoms with Crippen molar-refractivity contribution >= 4 is 5.97 Å². The van der Waals surface area contributed by atoms with Gasteiger partial charge in [-0.15, -0.1) is 0 Å². The van der Waals surface area contributed by atoms with Crippen molar-refractivity contribution in [1.29, 1.82) is 0 Å². The highest BCUT2D eigenvalue weighted by atomic mass is 16.5. The number of carbonyl (C=O) groups is 1. The Morgan fingerprint density at radius 3 is 2.47 bits per heavy atom. The van der Waals surface area contributed by atoms with Crippen molar-refractivity contribution in [3.8, 4) is 28.7 Å². The topological polar surface area (TPSA) is 91.0 Å². The molecule has 1 N–H and O–H groups in total. The molecule has 0 aliphatic heterocycles. The van der Waals surface area contributed by atoms with Crippen LogP contribution >= 0.6 is 0 Å². The second-order valence-electron chi connectivity index (χ2n) is 8.21. The Bertz CT molecular complexity index is 1300. The van der Waals surface area contributed by atoms with Crippen LogP contribution in [0.2, 0.25) is 0 Å². The Balaban J connectivity index is 1.38. The summed E-state index contributed by atoms with van der Waals surface area (Å²) in [6.07, 6.45) is 0.402. The standard InChI is InChI=1S/C29H29NO6/c1-3-33-27-14-13-25(17-23(27)12-15-28(31)32)34-18-21-8-7-11-24(16-21)35-19-26-20(2)36-29(30-26)22-9-5-4-6-10-22/h4-11,13-14,16-17H,3,12,15,18-19H2,1-2H3,(H,31,32). The van der Waals surface area contributed by atoms with Crippen LogP contribution in [-0.4, -0.2) is 22.7 Å². The number of aromatic nitrogens is 1. The lowest BCUT2D eigenvalue weighted by Gasteiger charge is -2.13. The molecule has 4 rings (SSSR count). The van der Waals surface area contributed by atoms with E-state index in [-0.39, 0.29) is 13.0 Å². The Kier molecular flexibility index (Phi) is 8.24. The van der Waals surface area contributed by atoms with Gasteiger partial charge in [-0.25, -0.2) is 4.98 Å². The summed E-state index contributed by atoms with van der Waals surface area (Å²) >= 11 is 0. The Labute approximate surface area is 210 Å². The predicted octanol–water partition coefficient (Wildman–Crippen LogP) is 6.22. The van der Waals surface area contributed by atoms with Gasteiger partial charge in [0.25, 0.3) is 0 Å². The number of aliphatic carboxylic acids is 1. The maximum absolute atomic E-state index is 11.0. The molecule has 0 spiro atoms. The molecule has 0 aliphatic rings. The summed E-state index contributed by atoms with van der Waals surface area (Å²) in [4.78, 5) is 15.6. The lowest BCUT2D eigenvalue weighted by Crippen LogP contribution is -2.03. The SMILES string of the molecule is CCOc1ccc(OCc2cccc(OCc3nc(-c4ccccc4)oc3C)c2)cc1CCC(=O)O. The minimum atomic E-state index is -0.849. The molecule has 7 heteroatoms. The van der Waals surface area contributed by atoms with E-state index in [2.05, 4.69) is 4.98 Å². The summed E-state index contributed by atoms with van der Waals surface area (Å²) in [5, 5.41) is 9.03. The quantitative estimate of drug-likeness (QED) is 0.253. The van der Waals surface area contributed by atoms with Gasteiger partial charge >= 0.3 is 5.97 Å². The van der Waals surface area contributed by atoms with Gasteiger partial charge in [-0.1, -0.05) is 30.3 Å². The zero-order valence-electron chi connectivity index (χ0n) is 20.4. The Morgan fingerprint density at radius 2 is 1.69 bits per heavy atom. The molecule has 3 aromatic carbocycles. The first kappa shape index (κ1) is 24.9. The van der Waals surface area contributed by atoms with Gasteiger partial charge in [0.2, 0.25) is 5.89 Å². The van der Waals surface area contributed by atoms with E-state index in [0.717, 1.165) is 28.1 Å². The van der Waals surface area contributed by atoms with Gasteiger partial charge in [0.1, 0.15) is 41.9 Å². The molecule has 0 radical (unpaired) electrons. The smallest absolute Gasteiger partial charge is 0.303 e. The number of carboxylic acid groups (broad SMARTS) is 1. The molecule has 0 aliphatic carbocycles. The van der Waals surface area contributed by atoms with E-state index in [4.69, 9.17) is 23.7 Å². The average Bonchev–Trinajstić information content (AvgIpc) is 3.27. The molecule has 0 atom stereocenters. The van der Waals surface area contributed by atoms with E-state index in [0.29, 0.717) is 42.8 Å². The van der Waals surface area contributed by atoms with E-state index < -0.39 is 5.97 Å². The molecular formula is C29H29NO6. The minimum absolute atomic E-state index is 0.0285. The predicted molar refractivity (Wildman–Crippen MR) is 135 cm³/mol. The monoisotopic (exact) mass is 487 g/mol. The zero-order chi connectivity index (χ0) is 25.3. The summed E-state index contributed by atoms with van der Waals surface area (Å²) in [6.45, 7) is 4.91. The van der Waals surface area contributed by atoms with Crippen LogP contribution in [0.15, 0.2) is 77.2 Å². The van der Waals surface area contributed by atoms with Gasteiger partial charge in [0.15, 0.2) is 0 Å². The van der Waals surface area contributed by atoms with Crippen molar-refractivity contribution in [3.05, 3.63) is 95.4 Å². The number of benzene rings is 3. The second-order valence-corrected chi connectivity index (χ2v) is 8.21. The van der Waals surface area contributed by atoms with Gasteiger partial charge < -0.3 is 23.7 Å². The minimum Gasteiger partial charge on any atom is -0.494 e. The first-order valence-electron chi connectivity index (χ1n) is 11.9. The molecule has 0 amide bonds. The number of aryl methyl sites for hydroxylation is 2. The van der Waals surface area contributed by atoms with Gasteiger partial charge in [-0.3, -0.25) is 4.79 Å². The molecule has 0 saturated heterocycles. The molecule has 4 aromatic rings. The van der Waals surface area contributed by atoms with Gasteiger partial charge in [-0.05, 0) is 73.9 Å². The normalized spacial score (nSPS) is 10.7. The summed E-state index contributed by atoms with van der Waals surface area (Å²) in [7, 11) is 0. The van der Waals surface area contributed by atoms with E-state index >= 15 is 0 Å². The van der Waals surface area contributed by atoms with E-state index in [1.54, 1.807) is 0 Å². The molecule has 0 saturated carbocycles. The van der Waals surface area contributed by atoms with Crippen LogP contribution in [-0.2, 0) is 24.4 Å². The van der Waals surface area contributed by atoms with Crippen LogP contribution < -0.4 is 14.2 Å². The molecule has 1 aromatic heterocycles. The molecular weight excluding hydrogens is 458 g/mol. The van der Waals surface area contributed by atoms with Crippen molar-refractivity contribution < 1.29 is 28.5 Å². The Morgan fingerprint density at radius 1 is 0.917 bits per heavy atom. The fraction of sp³-hybridized carbons (Fsp3) is 0.241. The molecule has 0 bridgehead atoms. The summed E-state index contributed by atoms with van der Waals surface area (Å²) in [5.41, 5.74) is 3.42. The van der Waals surface area contributed by atoms with E-state index in [1.807, 2.05) is 86.6 Å². The molecule has 1 heterocycles. The average molecular weight is 488 g/mol. The number of nitrogens with zero attached hydrogens (tertiary/aromatic N) is 1. The highest BCUT2D eigenvalue weighted by Crippen LogP contribution is 2.27. The molecule has 186 valence electrons. The third-order valence-electron chi connectivity index (χ3n) is 5.53. The summed E-state index contributed by atoms with van der Waals surface area (Å²) in [6, 6.07) is 22.9. The fourth-order valence-electron chi connectivity index (χ4n) is 3.69. The maximum Gasteiger partial charge on any atom is 0.303 e. The number of hydrogen-bond donors (Lipinski definition) is 1. The summed E-state index contributed by atoms with van der Waals surface area (Å²) < 4.78 is 23.4. The largest absolute Gasteiger partial charge is 0.494 e. The highest BCUT2D eigenvalue weighted by Gasteiger charge is 2.12. The molecule has 0 unspecified atom stereocenters. The van der Waals surface area contributed by atoms with Gasteiger partial charge in [-0.2, -0.15) is 0 Å². The summed E-state index contributed by atoms with van der Waals surface area (Å²) in [5.74, 6) is 2.48. The lowest BCUT2D eigenvalue weighted by molar-refractivity contribution is -0.136. The van der Waals surface area contributed by atoms with Crippen molar-refractivity contribution in [3.63, 3.8) is 0 Å². The fourth-order valence-corrected chi connectivity index (χ4v) is 3.69. The van der Waals surface area contributed by atoms with Crippen LogP contribution in [0.25, 0.3) is 11.5 Å². The first-order chi connectivity index (χ1) is 17.5. The molecule has 36 heavy (non-hydrogen) atoms. The third kappa shape index (κ3) is 6.66. The molecule has 7 nitrogen and oxygen atoms in total. The number of ether oxygens (including phenoxy) is 3. The number of rotatable bonds is 12. The highest BCUT2D eigenvalue weighted by molar-refractivity contribution is 5.67. The number of oxazole rings is 1. The first-order valence-corrected chi connectivity index (χ1v) is 11.9. The van der Waals surface area contributed by atoms with Crippen LogP contribution in [0.1, 0.15) is 35.9 Å². The second kappa shape index (κ2) is 11.9. The van der Waals surface area contributed by atoms with Gasteiger partial charge in [0.05, 0.1) is 6.61 Å². The van der Waals surface area contributed by atoms with E-state index in [9.17, 15) is 4.79 Å². The number of carboxylic acids is 1. The van der Waals surface area contributed by atoms with Crippen molar-refractivity contribution in [2.45, 2.75) is 39.9 Å². The van der Waals surface area contributed by atoms with E-state index in [1.165, 1.54) is 0 Å².